The van der Waals surface area contributed by atoms with Crippen molar-refractivity contribution in [3.05, 3.63) is 47.2 Å². The number of rotatable bonds is 13. The normalized spacial score (nSPS) is 20.3. The first-order valence-corrected chi connectivity index (χ1v) is 13.4. The molecule has 1 unspecified atom stereocenters. The number of ether oxygens (including phenoxy) is 2. The van der Waals surface area contributed by atoms with Crippen LogP contribution in [0.5, 0.6) is 0 Å². The van der Waals surface area contributed by atoms with E-state index < -0.39 is 0 Å². The fourth-order valence-electron chi connectivity index (χ4n) is 4.63. The number of methoxy groups -OCH3 is 1. The number of nitrogens with two attached hydrogens (primary N) is 1. The minimum atomic E-state index is -0.318. The second-order valence-corrected chi connectivity index (χ2v) is 9.95. The fourth-order valence-corrected chi connectivity index (χ4v) is 4.63. The zero-order valence-electron chi connectivity index (χ0n) is 22.4. The van der Waals surface area contributed by atoms with Gasteiger partial charge in [0.2, 0.25) is 0 Å². The highest BCUT2D eigenvalue weighted by Crippen LogP contribution is 2.18. The van der Waals surface area contributed by atoms with Gasteiger partial charge in [-0.2, -0.15) is 0 Å². The molecule has 200 valence electrons. The van der Waals surface area contributed by atoms with Crippen LogP contribution in [0.25, 0.3) is 0 Å². The standard InChI is InChI=1S/C28H45N5O3/c1-4-5-6-13-30-26-18-22(2)31-28(29)33(26)20-24-9-7-23(8-10-24)19-27(34)36-21-25-11-14-32(15-12-25)16-17-35-3/h7-10,18,25,28,31H,4-6,11-17,19-21,29H2,1-3H3. The lowest BCUT2D eigenvalue weighted by molar-refractivity contribution is -0.144. The number of piperidine rings is 1. The third kappa shape index (κ3) is 9.22. The Morgan fingerprint density at radius 3 is 2.58 bits per heavy atom. The summed E-state index contributed by atoms with van der Waals surface area (Å²) < 4.78 is 10.8. The van der Waals surface area contributed by atoms with Crippen LogP contribution in [0.15, 0.2) is 41.0 Å². The summed E-state index contributed by atoms with van der Waals surface area (Å²) in [5.41, 5.74) is 9.49. The second kappa shape index (κ2) is 15.0. The Balaban J connectivity index is 1.45. The highest BCUT2D eigenvalue weighted by atomic mass is 16.5. The summed E-state index contributed by atoms with van der Waals surface area (Å²) in [5.74, 6) is 1.22. The van der Waals surface area contributed by atoms with Crippen LogP contribution in [0.4, 0.5) is 0 Å². The van der Waals surface area contributed by atoms with Gasteiger partial charge in [-0.3, -0.25) is 15.5 Å². The zero-order chi connectivity index (χ0) is 25.8. The van der Waals surface area contributed by atoms with E-state index in [0.29, 0.717) is 25.5 Å². The van der Waals surface area contributed by atoms with E-state index in [-0.39, 0.29) is 12.3 Å². The number of amidine groups is 1. The highest BCUT2D eigenvalue weighted by molar-refractivity contribution is 5.94. The van der Waals surface area contributed by atoms with Crippen LogP contribution in [0.3, 0.4) is 0 Å². The smallest absolute Gasteiger partial charge is 0.310 e. The Morgan fingerprint density at radius 1 is 1.17 bits per heavy atom. The lowest BCUT2D eigenvalue weighted by atomic mass is 9.98. The number of carbonyl (C=O) groups excluding carboxylic acids is 1. The number of allylic oxidation sites excluding steroid dienone is 1. The maximum absolute atomic E-state index is 12.4. The molecule has 36 heavy (non-hydrogen) atoms. The van der Waals surface area contributed by atoms with E-state index in [4.69, 9.17) is 20.2 Å². The molecule has 8 nitrogen and oxygen atoms in total. The van der Waals surface area contributed by atoms with Crippen molar-refractivity contribution < 1.29 is 14.3 Å². The van der Waals surface area contributed by atoms with Crippen LogP contribution in [-0.4, -0.2) is 74.4 Å². The summed E-state index contributed by atoms with van der Waals surface area (Å²) in [6, 6.07) is 8.13. The van der Waals surface area contributed by atoms with Gasteiger partial charge in [0.05, 0.1) is 19.6 Å². The lowest BCUT2D eigenvalue weighted by Crippen LogP contribution is -2.56. The average Bonchev–Trinajstić information content (AvgIpc) is 2.87. The van der Waals surface area contributed by atoms with Crippen molar-refractivity contribution >= 4 is 11.8 Å². The van der Waals surface area contributed by atoms with Gasteiger partial charge in [-0.15, -0.1) is 0 Å². The van der Waals surface area contributed by atoms with E-state index >= 15 is 0 Å². The first-order valence-electron chi connectivity index (χ1n) is 13.4. The van der Waals surface area contributed by atoms with Crippen LogP contribution in [0.1, 0.15) is 57.1 Å². The number of nitrogens with one attached hydrogen (secondary N) is 1. The number of likely N-dealkylation sites (tertiary alicyclic amines) is 1. The van der Waals surface area contributed by atoms with Crippen molar-refractivity contribution in [2.75, 3.05) is 46.5 Å². The summed E-state index contributed by atoms with van der Waals surface area (Å²) in [5, 5.41) is 3.29. The van der Waals surface area contributed by atoms with Crippen molar-refractivity contribution in [3.63, 3.8) is 0 Å². The number of aliphatic imine (C=N–C) groups is 1. The Morgan fingerprint density at radius 2 is 1.89 bits per heavy atom. The van der Waals surface area contributed by atoms with E-state index in [1.807, 2.05) is 19.1 Å². The van der Waals surface area contributed by atoms with Crippen LogP contribution in [0, 0.1) is 5.92 Å². The summed E-state index contributed by atoms with van der Waals surface area (Å²) in [6.07, 6.45) is 7.62. The van der Waals surface area contributed by atoms with Gasteiger partial charge in [0.25, 0.3) is 0 Å². The van der Waals surface area contributed by atoms with Crippen molar-refractivity contribution in [3.8, 4) is 0 Å². The van der Waals surface area contributed by atoms with Crippen LogP contribution >= 0.6 is 0 Å². The topological polar surface area (TPSA) is 92.4 Å². The number of hydrogen-bond donors (Lipinski definition) is 2. The Bertz CT molecular complexity index is 862. The van der Waals surface area contributed by atoms with Crippen molar-refractivity contribution in [2.45, 2.75) is 65.2 Å². The summed E-state index contributed by atoms with van der Waals surface area (Å²) in [7, 11) is 1.74. The van der Waals surface area contributed by atoms with Gasteiger partial charge < -0.3 is 24.6 Å². The maximum Gasteiger partial charge on any atom is 0.310 e. The number of carbonyl (C=O) groups is 1. The molecule has 0 aliphatic carbocycles. The molecule has 0 aromatic heterocycles. The minimum absolute atomic E-state index is 0.158. The average molecular weight is 500 g/mol. The van der Waals surface area contributed by atoms with E-state index in [0.717, 1.165) is 74.7 Å². The Kier molecular flexibility index (Phi) is 11.7. The summed E-state index contributed by atoms with van der Waals surface area (Å²) in [6.45, 7) is 10.0. The fraction of sp³-hybridized carbons (Fsp3) is 0.643. The molecule has 0 amide bonds. The molecule has 2 aliphatic rings. The molecular formula is C28H45N5O3. The van der Waals surface area contributed by atoms with E-state index in [9.17, 15) is 4.79 Å². The van der Waals surface area contributed by atoms with Gasteiger partial charge in [-0.05, 0) is 62.4 Å². The molecule has 1 fully saturated rings. The first-order chi connectivity index (χ1) is 17.5. The van der Waals surface area contributed by atoms with Crippen molar-refractivity contribution in [1.29, 1.82) is 0 Å². The second-order valence-electron chi connectivity index (χ2n) is 9.95. The molecule has 3 N–H and O–H groups in total. The maximum atomic E-state index is 12.4. The van der Waals surface area contributed by atoms with Crippen LogP contribution in [0.2, 0.25) is 0 Å². The molecule has 1 aromatic carbocycles. The SMILES string of the molecule is CCCCCN=C1C=C(C)NC(N)N1Cc1ccc(CC(=O)OCC2CCN(CCOC)CC2)cc1. The van der Waals surface area contributed by atoms with E-state index in [1.54, 1.807) is 7.11 Å². The molecule has 0 saturated carbocycles. The molecule has 1 atom stereocenters. The zero-order valence-corrected chi connectivity index (χ0v) is 22.4. The van der Waals surface area contributed by atoms with Crippen LogP contribution < -0.4 is 11.1 Å². The molecular weight excluding hydrogens is 454 g/mol. The number of hydrogen-bond acceptors (Lipinski definition) is 7. The Hall–Kier alpha value is -2.42. The third-order valence-corrected chi connectivity index (χ3v) is 6.91. The number of unbranched alkanes of at least 4 members (excludes halogenated alkanes) is 2. The molecule has 3 rings (SSSR count). The largest absolute Gasteiger partial charge is 0.465 e. The molecule has 0 bridgehead atoms. The monoisotopic (exact) mass is 499 g/mol. The quantitative estimate of drug-likeness (QED) is 0.318. The Labute approximate surface area is 216 Å². The minimum Gasteiger partial charge on any atom is -0.465 e. The van der Waals surface area contributed by atoms with Crippen LogP contribution in [-0.2, 0) is 27.2 Å². The van der Waals surface area contributed by atoms with E-state index in [1.165, 1.54) is 12.8 Å². The van der Waals surface area contributed by atoms with E-state index in [2.05, 4.69) is 40.2 Å². The summed E-state index contributed by atoms with van der Waals surface area (Å²) >= 11 is 0. The predicted molar refractivity (Wildman–Crippen MR) is 144 cm³/mol. The molecule has 1 saturated heterocycles. The van der Waals surface area contributed by atoms with Gasteiger partial charge in [0.15, 0.2) is 6.29 Å². The molecule has 2 heterocycles. The number of nitrogens with zero attached hydrogens (tertiary/aromatic N) is 3. The molecule has 0 spiro atoms. The number of benzene rings is 1. The van der Waals surface area contributed by atoms with Gasteiger partial charge in [0, 0.05) is 32.4 Å². The highest BCUT2D eigenvalue weighted by Gasteiger charge is 2.23. The van der Waals surface area contributed by atoms with Gasteiger partial charge in [-0.1, -0.05) is 44.0 Å². The van der Waals surface area contributed by atoms with Gasteiger partial charge in [-0.25, -0.2) is 0 Å². The predicted octanol–water partition coefficient (Wildman–Crippen LogP) is 3.27. The van der Waals surface area contributed by atoms with Crippen molar-refractivity contribution in [1.82, 2.24) is 15.1 Å². The molecule has 1 aromatic rings. The molecule has 2 aliphatic heterocycles. The number of esters is 1. The van der Waals surface area contributed by atoms with Gasteiger partial charge in [0.1, 0.15) is 5.84 Å². The lowest BCUT2D eigenvalue weighted by Gasteiger charge is -2.36. The van der Waals surface area contributed by atoms with Gasteiger partial charge >= 0.3 is 5.97 Å². The first kappa shape index (κ1) is 28.2. The molecule has 8 heteroatoms. The molecule has 0 radical (unpaired) electrons. The third-order valence-electron chi connectivity index (χ3n) is 6.91. The van der Waals surface area contributed by atoms with Crippen molar-refractivity contribution in [2.24, 2.45) is 16.6 Å². The summed E-state index contributed by atoms with van der Waals surface area (Å²) in [4.78, 5) is 21.7.